The number of benzene rings is 1. The highest BCUT2D eigenvalue weighted by Crippen LogP contribution is 2.33. The summed E-state index contributed by atoms with van der Waals surface area (Å²) in [6.45, 7) is 1.38. The summed E-state index contributed by atoms with van der Waals surface area (Å²) in [5.74, 6) is 0.974. The maximum Gasteiger partial charge on any atom is 0.226 e. The molecule has 0 bridgehead atoms. The topological polar surface area (TPSA) is 88.4 Å². The van der Waals surface area contributed by atoms with E-state index in [9.17, 15) is 15.3 Å². The Morgan fingerprint density at radius 1 is 1.12 bits per heavy atom. The van der Waals surface area contributed by atoms with Crippen LogP contribution in [0.5, 0.6) is 11.5 Å². The summed E-state index contributed by atoms with van der Waals surface area (Å²) in [5, 5.41) is 31.7. The van der Waals surface area contributed by atoms with Crippen LogP contribution in [-0.4, -0.2) is 53.6 Å². The van der Waals surface area contributed by atoms with Gasteiger partial charge in [0.15, 0.2) is 0 Å². The summed E-state index contributed by atoms with van der Waals surface area (Å²) < 4.78 is 16.6. The minimum Gasteiger partial charge on any atom is -0.497 e. The molecule has 2 aromatic rings. The lowest BCUT2D eigenvalue weighted by Crippen LogP contribution is -2.56. The minimum atomic E-state index is -0.985. The Balaban J connectivity index is 1.71. The van der Waals surface area contributed by atoms with Crippen molar-refractivity contribution in [3.63, 3.8) is 0 Å². The third-order valence-corrected chi connectivity index (χ3v) is 5.60. The number of ether oxygens (including phenoxy) is 3. The maximum absolute atomic E-state index is 10.4. The van der Waals surface area contributed by atoms with Crippen LogP contribution in [-0.2, 0) is 11.2 Å². The molecule has 1 fully saturated rings. The molecule has 1 saturated heterocycles. The van der Waals surface area contributed by atoms with Gasteiger partial charge in [0.05, 0.1) is 24.7 Å². The molecule has 1 aliphatic heterocycles. The van der Waals surface area contributed by atoms with E-state index in [2.05, 4.69) is 0 Å². The molecule has 26 heavy (non-hydrogen) atoms. The molecule has 1 aromatic carbocycles. The zero-order chi connectivity index (χ0) is 18.7. The molecule has 1 aromatic heterocycles. The van der Waals surface area contributed by atoms with Gasteiger partial charge in [0.25, 0.3) is 0 Å². The van der Waals surface area contributed by atoms with Gasteiger partial charge in [-0.1, -0.05) is 19.1 Å². The molecule has 5 atom stereocenters. The van der Waals surface area contributed by atoms with E-state index in [0.717, 1.165) is 16.2 Å². The number of aliphatic hydroxyl groups is 3. The predicted molar refractivity (Wildman–Crippen MR) is 97.7 cm³/mol. The fourth-order valence-electron chi connectivity index (χ4n) is 2.99. The second-order valence-electron chi connectivity index (χ2n) is 6.42. The Labute approximate surface area is 156 Å². The molecule has 0 amide bonds. The van der Waals surface area contributed by atoms with E-state index in [1.54, 1.807) is 25.4 Å². The molecule has 142 valence electrons. The van der Waals surface area contributed by atoms with Gasteiger partial charge in [0.2, 0.25) is 6.29 Å². The van der Waals surface area contributed by atoms with E-state index >= 15 is 0 Å². The lowest BCUT2D eigenvalue weighted by atomic mass is 9.91. The highest BCUT2D eigenvalue weighted by Gasteiger charge is 2.43. The minimum absolute atomic E-state index is 0.333. The molecule has 1 aliphatic rings. The van der Waals surface area contributed by atoms with Gasteiger partial charge in [-0.15, -0.1) is 11.3 Å². The van der Waals surface area contributed by atoms with Gasteiger partial charge in [-0.3, -0.25) is 0 Å². The van der Waals surface area contributed by atoms with Gasteiger partial charge in [-0.25, -0.2) is 0 Å². The molecule has 7 heteroatoms. The van der Waals surface area contributed by atoms with Crippen LogP contribution in [0.1, 0.15) is 17.4 Å². The number of thiophene rings is 1. The molecule has 0 saturated carbocycles. The molecule has 3 N–H and O–H groups in total. The van der Waals surface area contributed by atoms with E-state index in [1.165, 1.54) is 0 Å². The van der Waals surface area contributed by atoms with Crippen molar-refractivity contribution in [3.8, 4) is 11.5 Å². The lowest BCUT2D eigenvalue weighted by Gasteiger charge is -2.40. The van der Waals surface area contributed by atoms with Crippen LogP contribution in [0.4, 0.5) is 0 Å². The van der Waals surface area contributed by atoms with Crippen LogP contribution >= 0.6 is 11.3 Å². The average molecular weight is 380 g/mol. The molecule has 2 heterocycles. The zero-order valence-electron chi connectivity index (χ0n) is 14.7. The molecule has 3 rings (SSSR count). The first-order valence-electron chi connectivity index (χ1n) is 8.52. The lowest BCUT2D eigenvalue weighted by molar-refractivity contribution is -0.260. The van der Waals surface area contributed by atoms with E-state index in [1.807, 2.05) is 35.7 Å². The zero-order valence-corrected chi connectivity index (χ0v) is 15.6. The summed E-state index contributed by atoms with van der Waals surface area (Å²) in [6.07, 6.45) is -2.95. The van der Waals surface area contributed by atoms with E-state index in [4.69, 9.17) is 14.2 Å². The van der Waals surface area contributed by atoms with Gasteiger partial charge in [0, 0.05) is 12.3 Å². The highest BCUT2D eigenvalue weighted by atomic mass is 32.1. The maximum atomic E-state index is 10.4. The summed E-state index contributed by atoms with van der Waals surface area (Å²) in [5.41, 5.74) is 1.11. The van der Waals surface area contributed by atoms with Crippen molar-refractivity contribution in [2.75, 3.05) is 13.7 Å². The number of hydrogen-bond donors (Lipinski definition) is 3. The summed E-state index contributed by atoms with van der Waals surface area (Å²) in [7, 11) is 1.63. The van der Waals surface area contributed by atoms with Crippen LogP contribution in [0.2, 0.25) is 0 Å². The normalized spacial score (nSPS) is 28.7. The number of hydrogen-bond acceptors (Lipinski definition) is 7. The second kappa shape index (κ2) is 8.37. The number of rotatable bonds is 6. The Bertz CT molecular complexity index is 698. The third kappa shape index (κ3) is 4.02. The van der Waals surface area contributed by atoms with Gasteiger partial charge in [-0.05, 0) is 29.1 Å². The molecule has 0 radical (unpaired) electrons. The monoisotopic (exact) mass is 380 g/mol. The summed E-state index contributed by atoms with van der Waals surface area (Å²) in [4.78, 5) is 1.00. The largest absolute Gasteiger partial charge is 0.497 e. The Morgan fingerprint density at radius 2 is 1.85 bits per heavy atom. The second-order valence-corrected chi connectivity index (χ2v) is 7.42. The Kier molecular flexibility index (Phi) is 6.16. The van der Waals surface area contributed by atoms with Crippen LogP contribution in [0.3, 0.4) is 0 Å². The van der Waals surface area contributed by atoms with Crippen LogP contribution in [0.15, 0.2) is 35.7 Å². The number of aliphatic hydroxyl groups excluding tert-OH is 3. The third-order valence-electron chi connectivity index (χ3n) is 4.70. The quantitative estimate of drug-likeness (QED) is 0.708. The van der Waals surface area contributed by atoms with E-state index in [-0.39, 0.29) is 6.61 Å². The van der Waals surface area contributed by atoms with E-state index < -0.39 is 30.5 Å². The van der Waals surface area contributed by atoms with E-state index in [0.29, 0.717) is 12.2 Å². The molecule has 0 unspecified atom stereocenters. The first-order valence-corrected chi connectivity index (χ1v) is 9.40. The van der Waals surface area contributed by atoms with Gasteiger partial charge in [0.1, 0.15) is 23.7 Å². The van der Waals surface area contributed by atoms with Gasteiger partial charge >= 0.3 is 0 Å². The molecule has 0 spiro atoms. The average Bonchev–Trinajstić information content (AvgIpc) is 3.09. The molecule has 0 aliphatic carbocycles. The van der Waals surface area contributed by atoms with Gasteiger partial charge < -0.3 is 29.5 Å². The van der Waals surface area contributed by atoms with Crippen molar-refractivity contribution in [2.45, 2.75) is 37.9 Å². The fourth-order valence-corrected chi connectivity index (χ4v) is 3.83. The van der Waals surface area contributed by atoms with Crippen LogP contribution < -0.4 is 9.47 Å². The van der Waals surface area contributed by atoms with Crippen molar-refractivity contribution in [2.24, 2.45) is 5.92 Å². The molecular formula is C19H24O6S. The highest BCUT2D eigenvalue weighted by molar-refractivity contribution is 7.10. The fraction of sp³-hybridized carbons (Fsp3) is 0.474. The van der Waals surface area contributed by atoms with Crippen molar-refractivity contribution in [1.82, 2.24) is 0 Å². The molecular weight excluding hydrogens is 356 g/mol. The SMILES string of the molecule is COc1ccc(Cc2sccc2O[C@@H]2O[C@H](CO)[C@@H](O)[C@H](C)[C@H]2O)cc1. The van der Waals surface area contributed by atoms with Crippen molar-refractivity contribution < 1.29 is 29.5 Å². The van der Waals surface area contributed by atoms with Gasteiger partial charge in [-0.2, -0.15) is 0 Å². The number of methoxy groups -OCH3 is 1. The predicted octanol–water partition coefficient (Wildman–Crippen LogP) is 1.80. The Morgan fingerprint density at radius 3 is 2.50 bits per heavy atom. The first-order chi connectivity index (χ1) is 12.5. The van der Waals surface area contributed by atoms with Crippen molar-refractivity contribution in [3.05, 3.63) is 46.2 Å². The molecule has 6 nitrogen and oxygen atoms in total. The smallest absolute Gasteiger partial charge is 0.226 e. The standard InChI is InChI=1S/C19H24O6S/c1-11-17(21)15(10-20)25-19(18(11)22)24-14-7-8-26-16(14)9-12-3-5-13(23-2)6-4-12/h3-8,11,15,17-22H,9-10H2,1-2H3/t11-,15+,17-,18+,19+/m0/s1. The first kappa shape index (κ1) is 19.1. The summed E-state index contributed by atoms with van der Waals surface area (Å²) >= 11 is 1.56. The Hall–Kier alpha value is -1.64. The van der Waals surface area contributed by atoms with Crippen LogP contribution in [0, 0.1) is 5.92 Å². The van der Waals surface area contributed by atoms with Crippen LogP contribution in [0.25, 0.3) is 0 Å². The van der Waals surface area contributed by atoms with Crippen molar-refractivity contribution >= 4 is 11.3 Å². The summed E-state index contributed by atoms with van der Waals surface area (Å²) in [6, 6.07) is 9.64. The van der Waals surface area contributed by atoms with Crippen molar-refractivity contribution in [1.29, 1.82) is 0 Å².